The summed E-state index contributed by atoms with van der Waals surface area (Å²) in [6.07, 6.45) is 5.88. The molecule has 0 aromatic heterocycles. The summed E-state index contributed by atoms with van der Waals surface area (Å²) < 4.78 is 16.9. The zero-order chi connectivity index (χ0) is 26.8. The predicted octanol–water partition coefficient (Wildman–Crippen LogP) is 6.81. The SMILES string of the molecule is COc1ccc([C@@H]2CC(=O)C3=C(C2)N=C(C)C(C(=O)OC2CCCCC2)[C@@H]3c2ccccc2Cl)cc1OC. The number of ether oxygens (including phenoxy) is 3. The van der Waals surface area contributed by atoms with Gasteiger partial charge in [0.15, 0.2) is 17.3 Å². The Kier molecular flexibility index (Phi) is 7.89. The van der Waals surface area contributed by atoms with Crippen LogP contribution in [0.4, 0.5) is 0 Å². The molecule has 0 bridgehead atoms. The van der Waals surface area contributed by atoms with Crippen molar-refractivity contribution in [2.24, 2.45) is 10.9 Å². The highest BCUT2D eigenvalue weighted by Crippen LogP contribution is 2.49. The van der Waals surface area contributed by atoms with Gasteiger partial charge < -0.3 is 14.2 Å². The number of ketones is 1. The molecule has 200 valence electrons. The number of hydrogen-bond donors (Lipinski definition) is 0. The number of esters is 1. The Hall–Kier alpha value is -3.12. The Labute approximate surface area is 229 Å². The molecular formula is C31H34ClNO5. The van der Waals surface area contributed by atoms with E-state index in [4.69, 9.17) is 30.8 Å². The number of hydrogen-bond acceptors (Lipinski definition) is 6. The molecule has 0 N–H and O–H groups in total. The number of nitrogens with zero attached hydrogens (tertiary/aromatic N) is 1. The molecule has 1 aliphatic heterocycles. The van der Waals surface area contributed by atoms with Crippen molar-refractivity contribution >= 4 is 29.1 Å². The van der Waals surface area contributed by atoms with Crippen molar-refractivity contribution in [1.82, 2.24) is 0 Å². The molecule has 1 heterocycles. The summed E-state index contributed by atoms with van der Waals surface area (Å²) in [5.41, 5.74) is 3.73. The zero-order valence-corrected chi connectivity index (χ0v) is 22.9. The summed E-state index contributed by atoms with van der Waals surface area (Å²) in [7, 11) is 3.20. The average molecular weight is 536 g/mol. The van der Waals surface area contributed by atoms with Crippen molar-refractivity contribution in [1.29, 1.82) is 0 Å². The van der Waals surface area contributed by atoms with E-state index in [-0.39, 0.29) is 23.8 Å². The van der Waals surface area contributed by atoms with Gasteiger partial charge in [0.25, 0.3) is 0 Å². The molecular weight excluding hydrogens is 502 g/mol. The second-order valence-electron chi connectivity index (χ2n) is 10.4. The van der Waals surface area contributed by atoms with Crippen LogP contribution in [0.25, 0.3) is 0 Å². The van der Waals surface area contributed by atoms with Gasteiger partial charge in [0.1, 0.15) is 12.0 Å². The quantitative estimate of drug-likeness (QED) is 0.380. The summed E-state index contributed by atoms with van der Waals surface area (Å²) in [4.78, 5) is 32.4. The van der Waals surface area contributed by atoms with Gasteiger partial charge in [-0.3, -0.25) is 14.6 Å². The molecule has 1 fully saturated rings. The fourth-order valence-corrected chi connectivity index (χ4v) is 6.44. The van der Waals surface area contributed by atoms with Crippen LogP contribution >= 0.6 is 11.6 Å². The first-order valence-electron chi connectivity index (χ1n) is 13.4. The van der Waals surface area contributed by atoms with Crippen LogP contribution in [0.15, 0.2) is 58.7 Å². The van der Waals surface area contributed by atoms with Crippen molar-refractivity contribution in [2.45, 2.75) is 69.8 Å². The van der Waals surface area contributed by atoms with Crippen molar-refractivity contribution < 1.29 is 23.8 Å². The summed E-state index contributed by atoms with van der Waals surface area (Å²) in [5, 5.41) is 0.532. The first-order valence-corrected chi connectivity index (χ1v) is 13.8. The number of aliphatic imine (C=N–C) groups is 1. The molecule has 0 amide bonds. The number of benzene rings is 2. The van der Waals surface area contributed by atoms with Crippen LogP contribution < -0.4 is 9.47 Å². The molecule has 5 rings (SSSR count). The molecule has 0 saturated heterocycles. The topological polar surface area (TPSA) is 74.2 Å². The number of allylic oxidation sites excluding steroid dienone is 2. The third-order valence-corrected chi connectivity index (χ3v) is 8.44. The molecule has 0 radical (unpaired) electrons. The van der Waals surface area contributed by atoms with E-state index in [2.05, 4.69) is 0 Å². The first kappa shape index (κ1) is 26.5. The lowest BCUT2D eigenvalue weighted by Crippen LogP contribution is -2.39. The van der Waals surface area contributed by atoms with Crippen molar-refractivity contribution in [3.05, 3.63) is 69.9 Å². The Bertz CT molecular complexity index is 1290. The third kappa shape index (κ3) is 5.11. The highest BCUT2D eigenvalue weighted by Gasteiger charge is 2.46. The molecule has 1 saturated carbocycles. The molecule has 0 spiro atoms. The Morgan fingerprint density at radius 1 is 0.974 bits per heavy atom. The molecule has 2 aliphatic carbocycles. The maximum absolute atomic E-state index is 13.9. The molecule has 3 aliphatic rings. The Morgan fingerprint density at radius 3 is 2.42 bits per heavy atom. The van der Waals surface area contributed by atoms with E-state index in [9.17, 15) is 9.59 Å². The van der Waals surface area contributed by atoms with Crippen molar-refractivity contribution in [3.63, 3.8) is 0 Å². The maximum atomic E-state index is 13.9. The monoisotopic (exact) mass is 535 g/mol. The normalized spacial score (nSPS) is 23.9. The second-order valence-corrected chi connectivity index (χ2v) is 10.8. The lowest BCUT2D eigenvalue weighted by molar-refractivity contribution is -0.153. The van der Waals surface area contributed by atoms with Gasteiger partial charge in [0, 0.05) is 34.3 Å². The maximum Gasteiger partial charge on any atom is 0.315 e. The van der Waals surface area contributed by atoms with Gasteiger partial charge in [-0.25, -0.2) is 0 Å². The molecule has 2 aromatic carbocycles. The highest BCUT2D eigenvalue weighted by molar-refractivity contribution is 6.31. The van der Waals surface area contributed by atoms with E-state index >= 15 is 0 Å². The zero-order valence-electron chi connectivity index (χ0n) is 22.2. The smallest absolute Gasteiger partial charge is 0.315 e. The van der Waals surface area contributed by atoms with Gasteiger partial charge in [0.05, 0.1) is 14.2 Å². The van der Waals surface area contributed by atoms with Crippen LogP contribution in [-0.2, 0) is 14.3 Å². The molecule has 6 nitrogen and oxygen atoms in total. The Morgan fingerprint density at radius 2 is 1.71 bits per heavy atom. The van der Waals surface area contributed by atoms with Crippen LogP contribution in [0.3, 0.4) is 0 Å². The Balaban J connectivity index is 1.52. The van der Waals surface area contributed by atoms with E-state index in [1.807, 2.05) is 49.4 Å². The van der Waals surface area contributed by atoms with Crippen molar-refractivity contribution in [3.8, 4) is 11.5 Å². The highest BCUT2D eigenvalue weighted by atomic mass is 35.5. The van der Waals surface area contributed by atoms with E-state index in [1.165, 1.54) is 6.42 Å². The standard InChI is InChI=1S/C31H34ClNO5/c1-18-28(31(35)38-21-9-5-4-6-10-21)29(22-11-7-8-12-23(22)32)30-24(33-18)15-20(16-25(30)34)19-13-14-26(36-2)27(17-19)37-3/h7-8,11-14,17,20-21,28-29H,4-6,9-10,15-16H2,1-3H3/t20-,28?,29-/m0/s1. The molecule has 7 heteroatoms. The first-order chi connectivity index (χ1) is 18.4. The number of carbonyl (C=O) groups excluding carboxylic acids is 2. The van der Waals surface area contributed by atoms with E-state index in [0.29, 0.717) is 40.6 Å². The summed E-state index contributed by atoms with van der Waals surface area (Å²) in [6.45, 7) is 1.87. The fourth-order valence-electron chi connectivity index (χ4n) is 6.19. The molecule has 2 aromatic rings. The number of carbonyl (C=O) groups is 2. The summed E-state index contributed by atoms with van der Waals surface area (Å²) in [5.74, 6) is -0.325. The second kappa shape index (κ2) is 11.3. The van der Waals surface area contributed by atoms with E-state index in [1.54, 1.807) is 14.2 Å². The van der Waals surface area contributed by atoms with Crippen molar-refractivity contribution in [2.75, 3.05) is 14.2 Å². The van der Waals surface area contributed by atoms with Crippen LogP contribution in [-0.4, -0.2) is 37.8 Å². The van der Waals surface area contributed by atoms with Gasteiger partial charge in [-0.1, -0.05) is 42.3 Å². The minimum absolute atomic E-state index is 0.0114. The molecule has 3 atom stereocenters. The minimum Gasteiger partial charge on any atom is -0.493 e. The lowest BCUT2D eigenvalue weighted by Gasteiger charge is -2.37. The van der Waals surface area contributed by atoms with Gasteiger partial charge >= 0.3 is 5.97 Å². The van der Waals surface area contributed by atoms with Gasteiger partial charge in [-0.2, -0.15) is 0 Å². The average Bonchev–Trinajstić information content (AvgIpc) is 2.92. The summed E-state index contributed by atoms with van der Waals surface area (Å²) >= 11 is 6.68. The lowest BCUT2D eigenvalue weighted by atomic mass is 9.69. The van der Waals surface area contributed by atoms with Crippen LogP contribution in [0.1, 0.15) is 74.8 Å². The number of Topliss-reactive ketones (excluding diaryl/α,β-unsaturated/α-hetero) is 1. The number of rotatable bonds is 6. The number of methoxy groups -OCH3 is 2. The fraction of sp³-hybridized carbons (Fsp3) is 0.452. The summed E-state index contributed by atoms with van der Waals surface area (Å²) in [6, 6.07) is 13.2. The van der Waals surface area contributed by atoms with Crippen LogP contribution in [0.5, 0.6) is 11.5 Å². The largest absolute Gasteiger partial charge is 0.493 e. The minimum atomic E-state index is -0.683. The number of halogens is 1. The van der Waals surface area contributed by atoms with Gasteiger partial charge in [-0.15, -0.1) is 0 Å². The van der Waals surface area contributed by atoms with E-state index < -0.39 is 11.8 Å². The van der Waals surface area contributed by atoms with Gasteiger partial charge in [-0.05, 0) is 74.3 Å². The molecule has 38 heavy (non-hydrogen) atoms. The van der Waals surface area contributed by atoms with Crippen LogP contribution in [0, 0.1) is 5.92 Å². The van der Waals surface area contributed by atoms with Gasteiger partial charge in [0.2, 0.25) is 0 Å². The molecule has 1 unspecified atom stereocenters. The van der Waals surface area contributed by atoms with E-state index in [0.717, 1.165) is 42.5 Å². The third-order valence-electron chi connectivity index (χ3n) is 8.10. The van der Waals surface area contributed by atoms with Crippen LogP contribution in [0.2, 0.25) is 5.02 Å². The predicted molar refractivity (Wildman–Crippen MR) is 147 cm³/mol.